The molecule has 2 aliphatic heterocycles. The third-order valence-corrected chi connectivity index (χ3v) is 4.99. The van der Waals surface area contributed by atoms with E-state index in [0.29, 0.717) is 13.1 Å². The summed E-state index contributed by atoms with van der Waals surface area (Å²) < 4.78 is 10.5. The molecule has 9 nitrogen and oxygen atoms in total. The Kier molecular flexibility index (Phi) is 6.35. The Labute approximate surface area is 166 Å². The van der Waals surface area contributed by atoms with Gasteiger partial charge in [-0.3, -0.25) is 0 Å². The molecular weight excluding hydrogens is 366 g/mol. The summed E-state index contributed by atoms with van der Waals surface area (Å²) in [5.41, 5.74) is -1.22. The quantitative estimate of drug-likeness (QED) is 0.669. The van der Waals surface area contributed by atoms with Crippen molar-refractivity contribution < 1.29 is 29.0 Å². The first-order valence-corrected chi connectivity index (χ1v) is 9.73. The van der Waals surface area contributed by atoms with Crippen LogP contribution in [0.25, 0.3) is 0 Å². The summed E-state index contributed by atoms with van der Waals surface area (Å²) in [6, 6.07) is -0.356. The van der Waals surface area contributed by atoms with E-state index in [0.717, 1.165) is 12.8 Å². The molecule has 4 atom stereocenters. The van der Waals surface area contributed by atoms with Gasteiger partial charge in [0.2, 0.25) is 0 Å². The van der Waals surface area contributed by atoms with E-state index in [4.69, 9.17) is 9.47 Å². The predicted octanol–water partition coefficient (Wildman–Crippen LogP) is 2.79. The molecule has 0 aliphatic carbocycles. The van der Waals surface area contributed by atoms with E-state index in [9.17, 15) is 19.5 Å². The number of hydrogen-bond acceptors (Lipinski definition) is 5. The number of hydrogen-bond donors (Lipinski definition) is 3. The van der Waals surface area contributed by atoms with Crippen LogP contribution in [0.5, 0.6) is 0 Å². The van der Waals surface area contributed by atoms with Crippen molar-refractivity contribution in [2.45, 2.75) is 77.7 Å². The summed E-state index contributed by atoms with van der Waals surface area (Å²) in [6.07, 6.45) is -0.525. The van der Waals surface area contributed by atoms with Crippen molar-refractivity contribution in [2.24, 2.45) is 11.8 Å². The normalized spacial score (nSPS) is 26.7. The third-order valence-electron chi connectivity index (χ3n) is 4.99. The smallest absolute Gasteiger partial charge is 0.407 e. The molecule has 9 heteroatoms. The van der Waals surface area contributed by atoms with E-state index in [-0.39, 0.29) is 23.9 Å². The van der Waals surface area contributed by atoms with Crippen LogP contribution >= 0.6 is 0 Å². The van der Waals surface area contributed by atoms with E-state index in [1.54, 1.807) is 41.5 Å². The maximum Gasteiger partial charge on any atom is 0.407 e. The van der Waals surface area contributed by atoms with Crippen LogP contribution in [0.2, 0.25) is 0 Å². The van der Waals surface area contributed by atoms with E-state index in [1.807, 2.05) is 0 Å². The van der Waals surface area contributed by atoms with Gasteiger partial charge in [0.1, 0.15) is 11.2 Å². The van der Waals surface area contributed by atoms with Gasteiger partial charge in [0.25, 0.3) is 0 Å². The number of fused-ring (bicyclic) bond motifs is 2. The van der Waals surface area contributed by atoms with Gasteiger partial charge in [-0.05, 0) is 54.4 Å². The van der Waals surface area contributed by atoms with Gasteiger partial charge in [-0.15, -0.1) is 0 Å². The Morgan fingerprint density at radius 2 is 1.21 bits per heavy atom. The number of carboxylic acid groups (broad SMARTS) is 1. The molecule has 0 aromatic carbocycles. The number of nitrogens with one attached hydrogen (secondary N) is 2. The molecule has 0 aromatic heterocycles. The summed E-state index contributed by atoms with van der Waals surface area (Å²) in [5.74, 6) is -0.199. The lowest BCUT2D eigenvalue weighted by atomic mass is 9.79. The second-order valence-corrected chi connectivity index (χ2v) is 9.50. The zero-order valence-electron chi connectivity index (χ0n) is 17.6. The molecule has 160 valence electrons. The van der Waals surface area contributed by atoms with Crippen molar-refractivity contribution in [3.05, 3.63) is 0 Å². The highest BCUT2D eigenvalue weighted by Gasteiger charge is 2.55. The molecular formula is C19H33N3O6. The van der Waals surface area contributed by atoms with Gasteiger partial charge in [-0.25, -0.2) is 14.4 Å². The maximum absolute atomic E-state index is 12.0. The minimum absolute atomic E-state index is 0.0997. The molecule has 2 bridgehead atoms. The molecule has 2 rings (SSSR count). The van der Waals surface area contributed by atoms with Crippen molar-refractivity contribution in [1.29, 1.82) is 0 Å². The Morgan fingerprint density at radius 3 is 1.50 bits per heavy atom. The second kappa shape index (κ2) is 8.05. The molecule has 3 amide bonds. The van der Waals surface area contributed by atoms with Gasteiger partial charge in [0.15, 0.2) is 0 Å². The maximum atomic E-state index is 12.0. The van der Waals surface area contributed by atoms with Gasteiger partial charge < -0.3 is 30.1 Å². The van der Waals surface area contributed by atoms with Gasteiger partial charge in [0, 0.05) is 37.0 Å². The van der Waals surface area contributed by atoms with Gasteiger partial charge >= 0.3 is 18.3 Å². The summed E-state index contributed by atoms with van der Waals surface area (Å²) in [4.78, 5) is 37.2. The van der Waals surface area contributed by atoms with Crippen molar-refractivity contribution >= 4 is 18.3 Å². The number of nitrogens with zero attached hydrogens (tertiary/aromatic N) is 1. The van der Waals surface area contributed by atoms with Crippen LogP contribution in [-0.4, -0.2) is 64.7 Å². The summed E-state index contributed by atoms with van der Waals surface area (Å²) in [7, 11) is 0. The highest BCUT2D eigenvalue weighted by molar-refractivity contribution is 5.69. The molecule has 2 fully saturated rings. The van der Waals surface area contributed by atoms with Crippen LogP contribution in [-0.2, 0) is 9.47 Å². The number of ether oxygens (including phenoxy) is 2. The number of rotatable bonds is 4. The Morgan fingerprint density at radius 1 is 0.857 bits per heavy atom. The van der Waals surface area contributed by atoms with E-state index < -0.39 is 29.5 Å². The molecule has 2 heterocycles. The number of carbonyl (C=O) groups is 3. The number of amides is 3. The van der Waals surface area contributed by atoms with Crippen LogP contribution in [0.3, 0.4) is 0 Å². The Balaban J connectivity index is 2.02. The highest BCUT2D eigenvalue weighted by Crippen LogP contribution is 2.45. The standard InChI is InChI=1S/C19H33N3O6/c1-18(2,3)27-15(23)20-9-11-12(10-21-16(24)28-19(4,5)6)14-8-7-13(11)22(14)17(25)26/h11-14H,7-10H2,1-6H3,(H,20,23)(H,21,24)(H,25,26). The SMILES string of the molecule is CC(C)(C)OC(=O)NCC1C(CNC(=O)OC(C)(C)C)C2CCC1N2C(=O)O. The van der Waals surface area contributed by atoms with Gasteiger partial charge in [-0.1, -0.05) is 0 Å². The third kappa shape index (κ3) is 5.65. The molecule has 0 aromatic rings. The molecule has 2 aliphatic rings. The molecule has 28 heavy (non-hydrogen) atoms. The summed E-state index contributed by atoms with van der Waals surface area (Å²) in [5, 5.41) is 15.1. The monoisotopic (exact) mass is 399 g/mol. The summed E-state index contributed by atoms with van der Waals surface area (Å²) >= 11 is 0. The van der Waals surface area contributed by atoms with Crippen molar-refractivity contribution in [3.63, 3.8) is 0 Å². The molecule has 4 unspecified atom stereocenters. The first kappa shape index (κ1) is 22.1. The highest BCUT2D eigenvalue weighted by atomic mass is 16.6. The summed E-state index contributed by atoms with van der Waals surface area (Å²) in [6.45, 7) is 11.3. The fraction of sp³-hybridized carbons (Fsp3) is 0.842. The lowest BCUT2D eigenvalue weighted by Gasteiger charge is -2.30. The van der Waals surface area contributed by atoms with Crippen LogP contribution in [0.15, 0.2) is 0 Å². The van der Waals surface area contributed by atoms with Gasteiger partial charge in [0.05, 0.1) is 0 Å². The van der Waals surface area contributed by atoms with Gasteiger partial charge in [-0.2, -0.15) is 0 Å². The lowest BCUT2D eigenvalue weighted by molar-refractivity contribution is 0.0479. The van der Waals surface area contributed by atoms with Crippen molar-refractivity contribution in [2.75, 3.05) is 13.1 Å². The fourth-order valence-electron chi connectivity index (χ4n) is 4.17. The van der Waals surface area contributed by atoms with Crippen molar-refractivity contribution in [3.8, 4) is 0 Å². The van der Waals surface area contributed by atoms with Crippen molar-refractivity contribution in [1.82, 2.24) is 15.5 Å². The first-order chi connectivity index (χ1) is 12.8. The zero-order chi connectivity index (χ0) is 21.3. The fourth-order valence-corrected chi connectivity index (χ4v) is 4.17. The zero-order valence-corrected chi connectivity index (χ0v) is 17.6. The Hall–Kier alpha value is -2.19. The topological polar surface area (TPSA) is 117 Å². The molecule has 3 N–H and O–H groups in total. The second-order valence-electron chi connectivity index (χ2n) is 9.50. The minimum atomic E-state index is -0.963. The molecule has 2 saturated heterocycles. The molecule has 0 radical (unpaired) electrons. The largest absolute Gasteiger partial charge is 0.465 e. The number of carbonyl (C=O) groups excluding carboxylic acids is 2. The lowest BCUT2D eigenvalue weighted by Crippen LogP contribution is -2.44. The number of alkyl carbamates (subject to hydrolysis) is 2. The van der Waals surface area contributed by atoms with E-state index in [1.165, 1.54) is 4.90 Å². The van der Waals surface area contributed by atoms with Crippen LogP contribution in [0.4, 0.5) is 14.4 Å². The predicted molar refractivity (Wildman–Crippen MR) is 102 cm³/mol. The Bertz CT molecular complexity index is 564. The van der Waals surface area contributed by atoms with E-state index in [2.05, 4.69) is 10.6 Å². The molecule has 0 spiro atoms. The van der Waals surface area contributed by atoms with Crippen LogP contribution in [0, 0.1) is 11.8 Å². The average Bonchev–Trinajstić information content (AvgIpc) is 3.03. The minimum Gasteiger partial charge on any atom is -0.465 e. The van der Waals surface area contributed by atoms with E-state index >= 15 is 0 Å². The van der Waals surface area contributed by atoms with Crippen LogP contribution in [0.1, 0.15) is 54.4 Å². The molecule has 0 saturated carbocycles. The van der Waals surface area contributed by atoms with Crippen LogP contribution < -0.4 is 10.6 Å². The first-order valence-electron chi connectivity index (χ1n) is 9.73. The average molecular weight is 399 g/mol.